The molecule has 0 spiro atoms. The molecule has 180 valence electrons. The van der Waals surface area contributed by atoms with Crippen molar-refractivity contribution < 1.29 is 19.2 Å². The lowest BCUT2D eigenvalue weighted by atomic mass is 10.2. The highest BCUT2D eigenvalue weighted by atomic mass is 32.1. The lowest BCUT2D eigenvalue weighted by molar-refractivity contribution is -0.384. The standard InChI is InChI=1S/C24H28N4O5S/c1-5-26(6-2)14-15-27(21(29)13-10-17-8-7-9-18(16-17)28(30)31)24-25-22-19(32-3)11-12-20(33-4)23(22)34-24/h7-13,16H,5-6,14-15H2,1-4H3. The third-order valence-corrected chi connectivity index (χ3v) is 6.52. The zero-order chi connectivity index (χ0) is 24.7. The summed E-state index contributed by atoms with van der Waals surface area (Å²) in [6.45, 7) is 6.99. The minimum Gasteiger partial charge on any atom is -0.495 e. The summed E-state index contributed by atoms with van der Waals surface area (Å²) < 4.78 is 11.7. The monoisotopic (exact) mass is 484 g/mol. The molecule has 1 heterocycles. The van der Waals surface area contributed by atoms with Gasteiger partial charge in [0, 0.05) is 31.3 Å². The Morgan fingerprint density at radius 1 is 1.12 bits per heavy atom. The van der Waals surface area contributed by atoms with Crippen LogP contribution in [0.4, 0.5) is 10.8 Å². The van der Waals surface area contributed by atoms with Crippen LogP contribution in [0, 0.1) is 10.1 Å². The Morgan fingerprint density at radius 3 is 2.47 bits per heavy atom. The number of nitrogens with zero attached hydrogens (tertiary/aromatic N) is 4. The van der Waals surface area contributed by atoms with E-state index in [-0.39, 0.29) is 11.6 Å². The Labute approximate surface area is 202 Å². The molecule has 0 aliphatic carbocycles. The van der Waals surface area contributed by atoms with Crippen LogP contribution in [0.1, 0.15) is 19.4 Å². The van der Waals surface area contributed by atoms with E-state index in [0.29, 0.717) is 40.8 Å². The largest absolute Gasteiger partial charge is 0.495 e. The zero-order valence-electron chi connectivity index (χ0n) is 19.7. The molecule has 0 bridgehead atoms. The van der Waals surface area contributed by atoms with E-state index in [1.54, 1.807) is 43.4 Å². The number of carbonyl (C=O) groups is 1. The fraction of sp³-hybridized carbons (Fsp3) is 0.333. The molecule has 34 heavy (non-hydrogen) atoms. The van der Waals surface area contributed by atoms with Crippen LogP contribution < -0.4 is 14.4 Å². The molecule has 0 atom stereocenters. The first-order valence-electron chi connectivity index (χ1n) is 10.9. The summed E-state index contributed by atoms with van der Waals surface area (Å²) in [4.78, 5) is 32.4. The van der Waals surface area contributed by atoms with E-state index in [2.05, 4.69) is 18.7 Å². The molecule has 3 rings (SSSR count). The van der Waals surface area contributed by atoms with Crippen molar-refractivity contribution in [3.05, 3.63) is 58.2 Å². The average Bonchev–Trinajstić information content (AvgIpc) is 3.30. The number of carbonyl (C=O) groups excluding carboxylic acids is 1. The van der Waals surface area contributed by atoms with Gasteiger partial charge in [-0.1, -0.05) is 37.3 Å². The average molecular weight is 485 g/mol. The molecule has 2 aromatic carbocycles. The summed E-state index contributed by atoms with van der Waals surface area (Å²) in [6.07, 6.45) is 3.00. The van der Waals surface area contributed by atoms with Gasteiger partial charge in [0.25, 0.3) is 11.6 Å². The van der Waals surface area contributed by atoms with Gasteiger partial charge < -0.3 is 14.4 Å². The van der Waals surface area contributed by atoms with Crippen LogP contribution in [0.25, 0.3) is 16.3 Å². The summed E-state index contributed by atoms with van der Waals surface area (Å²) in [5, 5.41) is 11.6. The van der Waals surface area contributed by atoms with Crippen molar-refractivity contribution in [2.24, 2.45) is 0 Å². The number of amides is 1. The Morgan fingerprint density at radius 2 is 1.82 bits per heavy atom. The van der Waals surface area contributed by atoms with Crippen LogP contribution in [0.3, 0.4) is 0 Å². The SMILES string of the molecule is CCN(CC)CCN(C(=O)C=Cc1cccc([N+](=O)[O-])c1)c1nc2c(OC)ccc(OC)c2s1. The molecule has 1 amide bonds. The highest BCUT2D eigenvalue weighted by Crippen LogP contribution is 2.40. The Hall–Kier alpha value is -3.50. The summed E-state index contributed by atoms with van der Waals surface area (Å²) in [5.74, 6) is 0.986. The molecule has 1 aromatic heterocycles. The molecule has 0 unspecified atom stereocenters. The van der Waals surface area contributed by atoms with Gasteiger partial charge in [-0.3, -0.25) is 19.8 Å². The smallest absolute Gasteiger partial charge is 0.270 e. The Bertz CT molecular complexity index is 1150. The normalized spacial score (nSPS) is 11.3. The minimum absolute atomic E-state index is 0.0293. The van der Waals surface area contributed by atoms with E-state index in [4.69, 9.17) is 14.5 Å². The van der Waals surface area contributed by atoms with Crippen LogP contribution in [-0.2, 0) is 4.79 Å². The van der Waals surface area contributed by atoms with E-state index in [1.165, 1.54) is 29.5 Å². The van der Waals surface area contributed by atoms with E-state index < -0.39 is 4.92 Å². The number of hydrogen-bond acceptors (Lipinski definition) is 8. The van der Waals surface area contributed by atoms with Crippen molar-refractivity contribution in [3.8, 4) is 11.5 Å². The lowest BCUT2D eigenvalue weighted by Gasteiger charge is -2.23. The van der Waals surface area contributed by atoms with E-state index in [9.17, 15) is 14.9 Å². The Kier molecular flexibility index (Phi) is 8.55. The fourth-order valence-corrected chi connectivity index (χ4v) is 4.58. The van der Waals surface area contributed by atoms with Crippen LogP contribution >= 0.6 is 11.3 Å². The molecule has 0 radical (unpaired) electrons. The number of benzene rings is 2. The Balaban J connectivity index is 1.97. The molecule has 0 saturated carbocycles. The first-order valence-corrected chi connectivity index (χ1v) is 11.7. The molecule has 10 heteroatoms. The van der Waals surface area contributed by atoms with Crippen LogP contribution in [-0.4, -0.2) is 61.1 Å². The van der Waals surface area contributed by atoms with Gasteiger partial charge in [0.1, 0.15) is 21.7 Å². The predicted molar refractivity (Wildman–Crippen MR) is 135 cm³/mol. The van der Waals surface area contributed by atoms with Crippen molar-refractivity contribution in [2.75, 3.05) is 45.3 Å². The van der Waals surface area contributed by atoms with Gasteiger partial charge in [-0.15, -0.1) is 0 Å². The molecule has 0 N–H and O–H groups in total. The van der Waals surface area contributed by atoms with Gasteiger partial charge in [-0.05, 0) is 36.9 Å². The summed E-state index contributed by atoms with van der Waals surface area (Å²) >= 11 is 1.36. The highest BCUT2D eigenvalue weighted by Gasteiger charge is 2.22. The second-order valence-corrected chi connectivity index (χ2v) is 8.32. The fourth-order valence-electron chi connectivity index (χ4n) is 3.47. The molecule has 0 saturated heterocycles. The first-order chi connectivity index (χ1) is 16.4. The topological polar surface area (TPSA) is 98.0 Å². The van der Waals surface area contributed by atoms with E-state index in [0.717, 1.165) is 17.8 Å². The highest BCUT2D eigenvalue weighted by molar-refractivity contribution is 7.22. The summed E-state index contributed by atoms with van der Waals surface area (Å²) in [6, 6.07) is 9.74. The van der Waals surface area contributed by atoms with Crippen molar-refractivity contribution in [2.45, 2.75) is 13.8 Å². The number of nitro benzene ring substituents is 1. The molecule has 0 fully saturated rings. The number of ether oxygens (including phenoxy) is 2. The third kappa shape index (κ3) is 5.70. The van der Waals surface area contributed by atoms with Gasteiger partial charge >= 0.3 is 0 Å². The number of likely N-dealkylation sites (N-methyl/N-ethyl adjacent to an activating group) is 1. The predicted octanol–water partition coefficient (Wildman–Crippen LogP) is 4.61. The second kappa shape index (κ2) is 11.6. The number of aromatic nitrogens is 1. The minimum atomic E-state index is -0.461. The number of non-ortho nitro benzene ring substituents is 1. The number of rotatable bonds is 11. The molecule has 3 aromatic rings. The van der Waals surface area contributed by atoms with Crippen molar-refractivity contribution >= 4 is 44.4 Å². The van der Waals surface area contributed by atoms with Crippen LogP contribution in [0.15, 0.2) is 42.5 Å². The van der Waals surface area contributed by atoms with Crippen LogP contribution in [0.2, 0.25) is 0 Å². The van der Waals surface area contributed by atoms with Gasteiger partial charge in [0.15, 0.2) is 5.13 Å². The van der Waals surface area contributed by atoms with Crippen molar-refractivity contribution in [1.29, 1.82) is 0 Å². The van der Waals surface area contributed by atoms with E-state index in [1.807, 2.05) is 6.07 Å². The number of nitro groups is 1. The van der Waals surface area contributed by atoms with Crippen molar-refractivity contribution in [3.63, 3.8) is 0 Å². The quantitative estimate of drug-likeness (QED) is 0.223. The molecule has 0 aliphatic rings. The lowest BCUT2D eigenvalue weighted by Crippen LogP contribution is -2.38. The maximum Gasteiger partial charge on any atom is 0.270 e. The molecule has 0 aliphatic heterocycles. The molecule has 9 nitrogen and oxygen atoms in total. The first kappa shape index (κ1) is 25.1. The van der Waals surface area contributed by atoms with Gasteiger partial charge in [-0.2, -0.15) is 0 Å². The number of thiazole rings is 1. The van der Waals surface area contributed by atoms with Gasteiger partial charge in [0.05, 0.1) is 19.1 Å². The number of anilines is 1. The maximum atomic E-state index is 13.3. The number of methoxy groups -OCH3 is 2. The molecular weight excluding hydrogens is 456 g/mol. The number of hydrogen-bond donors (Lipinski definition) is 0. The van der Waals surface area contributed by atoms with Crippen LogP contribution in [0.5, 0.6) is 11.5 Å². The maximum absolute atomic E-state index is 13.3. The second-order valence-electron chi connectivity index (χ2n) is 7.35. The number of fused-ring (bicyclic) bond motifs is 1. The molecular formula is C24H28N4O5S. The van der Waals surface area contributed by atoms with Crippen molar-refractivity contribution in [1.82, 2.24) is 9.88 Å². The van der Waals surface area contributed by atoms with Gasteiger partial charge in [0.2, 0.25) is 0 Å². The summed E-state index contributed by atoms with van der Waals surface area (Å²) in [7, 11) is 3.16. The van der Waals surface area contributed by atoms with E-state index >= 15 is 0 Å². The summed E-state index contributed by atoms with van der Waals surface area (Å²) in [5.41, 5.74) is 1.17. The zero-order valence-corrected chi connectivity index (χ0v) is 20.5. The van der Waals surface area contributed by atoms with Gasteiger partial charge in [-0.25, -0.2) is 4.98 Å². The third-order valence-electron chi connectivity index (χ3n) is 5.43.